The smallest absolute Gasteiger partial charge is 0.251 e. The van der Waals surface area contributed by atoms with Crippen molar-refractivity contribution < 1.29 is 9.53 Å². The summed E-state index contributed by atoms with van der Waals surface area (Å²) in [5.41, 5.74) is 5.25. The number of carbonyl (C=O) groups excluding carboxylic acids is 1. The summed E-state index contributed by atoms with van der Waals surface area (Å²) in [7, 11) is 0. The molecule has 0 aliphatic rings. The van der Waals surface area contributed by atoms with Gasteiger partial charge in [0.25, 0.3) is 5.91 Å². The molecule has 1 N–H and O–H groups in total. The first-order valence-electron chi connectivity index (χ1n) is 7.53. The zero-order valence-electron chi connectivity index (χ0n) is 13.7. The highest BCUT2D eigenvalue weighted by Crippen LogP contribution is 2.16. The third-order valence-electron chi connectivity index (χ3n) is 3.77. The van der Waals surface area contributed by atoms with Crippen molar-refractivity contribution in [2.75, 3.05) is 13.2 Å². The minimum absolute atomic E-state index is 0.0510. The van der Waals surface area contributed by atoms with Crippen LogP contribution in [0.25, 0.3) is 0 Å². The van der Waals surface area contributed by atoms with Crippen molar-refractivity contribution in [1.82, 2.24) is 5.32 Å². The maximum Gasteiger partial charge on any atom is 0.251 e. The van der Waals surface area contributed by atoms with Gasteiger partial charge in [-0.05, 0) is 62.6 Å². The second-order valence-corrected chi connectivity index (χ2v) is 5.67. The van der Waals surface area contributed by atoms with Gasteiger partial charge in [-0.2, -0.15) is 0 Å². The molecule has 3 nitrogen and oxygen atoms in total. The fourth-order valence-corrected chi connectivity index (χ4v) is 2.21. The Balaban J connectivity index is 1.84. The van der Waals surface area contributed by atoms with E-state index in [1.165, 1.54) is 11.1 Å². The summed E-state index contributed by atoms with van der Waals surface area (Å²) in [5, 5.41) is 2.90. The van der Waals surface area contributed by atoms with Crippen LogP contribution in [0.5, 0.6) is 5.75 Å². The fraction of sp³-hybridized carbons (Fsp3) is 0.316. The number of aryl methyl sites for hydroxylation is 4. The maximum atomic E-state index is 12.2. The lowest BCUT2D eigenvalue weighted by Crippen LogP contribution is -2.28. The van der Waals surface area contributed by atoms with Gasteiger partial charge < -0.3 is 10.1 Å². The molecule has 0 saturated heterocycles. The summed E-state index contributed by atoms with van der Waals surface area (Å²) < 4.78 is 5.67. The van der Waals surface area contributed by atoms with Crippen molar-refractivity contribution in [2.24, 2.45) is 0 Å². The van der Waals surface area contributed by atoms with Crippen LogP contribution in [0.15, 0.2) is 36.4 Å². The molecule has 0 aliphatic heterocycles. The molecule has 0 aromatic heterocycles. The monoisotopic (exact) mass is 297 g/mol. The molecular weight excluding hydrogens is 274 g/mol. The zero-order chi connectivity index (χ0) is 16.1. The van der Waals surface area contributed by atoms with Crippen LogP contribution in [0.3, 0.4) is 0 Å². The number of ether oxygens (including phenoxy) is 1. The second kappa shape index (κ2) is 7.12. The van der Waals surface area contributed by atoms with E-state index in [9.17, 15) is 4.79 Å². The van der Waals surface area contributed by atoms with Gasteiger partial charge in [0.05, 0.1) is 6.54 Å². The zero-order valence-corrected chi connectivity index (χ0v) is 13.7. The highest BCUT2D eigenvalue weighted by atomic mass is 16.5. The van der Waals surface area contributed by atoms with Gasteiger partial charge in [-0.1, -0.05) is 23.8 Å². The van der Waals surface area contributed by atoms with Gasteiger partial charge in [0.1, 0.15) is 12.4 Å². The Morgan fingerprint density at radius 1 is 0.955 bits per heavy atom. The van der Waals surface area contributed by atoms with E-state index in [0.717, 1.165) is 22.4 Å². The summed E-state index contributed by atoms with van der Waals surface area (Å²) in [6.07, 6.45) is 0. The maximum absolute atomic E-state index is 12.2. The lowest BCUT2D eigenvalue weighted by Gasteiger charge is -2.10. The van der Waals surface area contributed by atoms with E-state index in [2.05, 4.69) is 19.2 Å². The Morgan fingerprint density at radius 3 is 2.41 bits per heavy atom. The van der Waals surface area contributed by atoms with Crippen LogP contribution < -0.4 is 10.1 Å². The molecule has 2 aromatic carbocycles. The molecule has 0 radical (unpaired) electrons. The minimum atomic E-state index is -0.0510. The van der Waals surface area contributed by atoms with Crippen LogP contribution in [0.1, 0.15) is 32.6 Å². The highest BCUT2D eigenvalue weighted by molar-refractivity contribution is 5.95. The molecule has 2 aromatic rings. The molecule has 2 rings (SSSR count). The number of carbonyl (C=O) groups is 1. The summed E-state index contributed by atoms with van der Waals surface area (Å²) in [6.45, 7) is 9.01. The Labute approximate surface area is 132 Å². The van der Waals surface area contributed by atoms with Crippen LogP contribution in [0, 0.1) is 27.7 Å². The molecule has 0 aliphatic carbocycles. The van der Waals surface area contributed by atoms with Crippen LogP contribution >= 0.6 is 0 Å². The number of rotatable bonds is 5. The molecule has 0 fully saturated rings. The van der Waals surface area contributed by atoms with E-state index in [-0.39, 0.29) is 5.91 Å². The molecule has 116 valence electrons. The number of hydrogen-bond acceptors (Lipinski definition) is 2. The standard InChI is InChI=1S/C19H23NO2/c1-13-5-6-15(3)18(11-13)19(21)20-9-10-22-17-8-7-14(2)16(4)12-17/h5-8,11-12H,9-10H2,1-4H3,(H,20,21). The predicted molar refractivity (Wildman–Crippen MR) is 89.7 cm³/mol. The molecule has 0 atom stereocenters. The predicted octanol–water partition coefficient (Wildman–Crippen LogP) is 3.73. The lowest BCUT2D eigenvalue weighted by atomic mass is 10.1. The van der Waals surface area contributed by atoms with E-state index in [4.69, 9.17) is 4.74 Å². The number of hydrogen-bond donors (Lipinski definition) is 1. The molecule has 0 saturated carbocycles. The normalized spacial score (nSPS) is 10.4. The average molecular weight is 297 g/mol. The molecule has 0 heterocycles. The Hall–Kier alpha value is -2.29. The number of benzene rings is 2. The minimum Gasteiger partial charge on any atom is -0.492 e. The van der Waals surface area contributed by atoms with Gasteiger partial charge in [-0.3, -0.25) is 4.79 Å². The molecule has 0 bridgehead atoms. The van der Waals surface area contributed by atoms with Crippen molar-refractivity contribution in [3.63, 3.8) is 0 Å². The molecule has 22 heavy (non-hydrogen) atoms. The summed E-state index contributed by atoms with van der Waals surface area (Å²) in [6, 6.07) is 11.9. The van der Waals surface area contributed by atoms with Crippen molar-refractivity contribution in [3.05, 3.63) is 64.2 Å². The first-order valence-corrected chi connectivity index (χ1v) is 7.53. The van der Waals surface area contributed by atoms with Gasteiger partial charge in [0.15, 0.2) is 0 Å². The Bertz CT molecular complexity index is 677. The van der Waals surface area contributed by atoms with E-state index in [1.807, 2.05) is 50.2 Å². The third-order valence-corrected chi connectivity index (χ3v) is 3.77. The first kappa shape index (κ1) is 16.1. The Morgan fingerprint density at radius 2 is 1.68 bits per heavy atom. The lowest BCUT2D eigenvalue weighted by molar-refractivity contribution is 0.0946. The second-order valence-electron chi connectivity index (χ2n) is 5.67. The quantitative estimate of drug-likeness (QED) is 0.854. The summed E-state index contributed by atoms with van der Waals surface area (Å²) in [4.78, 5) is 12.2. The van der Waals surface area contributed by atoms with Crippen LogP contribution in [0.2, 0.25) is 0 Å². The van der Waals surface area contributed by atoms with Gasteiger partial charge in [-0.15, -0.1) is 0 Å². The first-order chi connectivity index (χ1) is 10.5. The SMILES string of the molecule is Cc1ccc(C)c(C(=O)NCCOc2ccc(C)c(C)c2)c1. The van der Waals surface area contributed by atoms with E-state index in [0.29, 0.717) is 13.2 Å². The molecule has 1 amide bonds. The number of amides is 1. The fourth-order valence-electron chi connectivity index (χ4n) is 2.21. The van der Waals surface area contributed by atoms with Gasteiger partial charge in [0.2, 0.25) is 0 Å². The number of nitrogens with one attached hydrogen (secondary N) is 1. The van der Waals surface area contributed by atoms with E-state index < -0.39 is 0 Å². The van der Waals surface area contributed by atoms with Gasteiger partial charge in [-0.25, -0.2) is 0 Å². The van der Waals surface area contributed by atoms with Crippen LogP contribution in [-0.4, -0.2) is 19.1 Å². The molecule has 0 unspecified atom stereocenters. The van der Waals surface area contributed by atoms with Gasteiger partial charge in [0, 0.05) is 5.56 Å². The third kappa shape index (κ3) is 4.10. The van der Waals surface area contributed by atoms with Crippen LogP contribution in [0.4, 0.5) is 0 Å². The highest BCUT2D eigenvalue weighted by Gasteiger charge is 2.08. The average Bonchev–Trinajstić information content (AvgIpc) is 2.49. The topological polar surface area (TPSA) is 38.3 Å². The molecule has 3 heteroatoms. The van der Waals surface area contributed by atoms with Crippen molar-refractivity contribution in [2.45, 2.75) is 27.7 Å². The Kier molecular flexibility index (Phi) is 5.21. The molecular formula is C19H23NO2. The largest absolute Gasteiger partial charge is 0.492 e. The van der Waals surface area contributed by atoms with Crippen molar-refractivity contribution in [3.8, 4) is 5.75 Å². The summed E-state index contributed by atoms with van der Waals surface area (Å²) in [5.74, 6) is 0.786. The van der Waals surface area contributed by atoms with Crippen molar-refractivity contribution in [1.29, 1.82) is 0 Å². The summed E-state index contributed by atoms with van der Waals surface area (Å²) >= 11 is 0. The van der Waals surface area contributed by atoms with E-state index >= 15 is 0 Å². The van der Waals surface area contributed by atoms with E-state index in [1.54, 1.807) is 0 Å². The molecule has 0 spiro atoms. The van der Waals surface area contributed by atoms with Crippen LogP contribution in [-0.2, 0) is 0 Å². The van der Waals surface area contributed by atoms with Gasteiger partial charge >= 0.3 is 0 Å². The van der Waals surface area contributed by atoms with Crippen molar-refractivity contribution >= 4 is 5.91 Å².